The highest BCUT2D eigenvalue weighted by molar-refractivity contribution is 6.24. The molecular weight excluding hydrogens is 552 g/mol. The zero-order valence-electron chi connectivity index (χ0n) is 25.9. The molecular formula is C41H34N2O2. The number of allylic oxidation sites excluding steroid dienone is 1. The Bertz CT molecular complexity index is 2300. The number of nitrogens with zero attached hydrogens (tertiary/aromatic N) is 2. The van der Waals surface area contributed by atoms with Crippen molar-refractivity contribution in [3.05, 3.63) is 138 Å². The molecule has 0 spiro atoms. The fourth-order valence-electron chi connectivity index (χ4n) is 6.97. The fraction of sp³-hybridized carbons (Fsp3) is 0.171. The molecule has 0 bridgehead atoms. The number of aliphatic imine (C=N–C) groups is 1. The van der Waals surface area contributed by atoms with Crippen LogP contribution in [0.25, 0.3) is 43.6 Å². The van der Waals surface area contributed by atoms with Gasteiger partial charge in [0, 0.05) is 45.4 Å². The van der Waals surface area contributed by atoms with Crippen molar-refractivity contribution in [2.24, 2.45) is 4.99 Å². The van der Waals surface area contributed by atoms with Gasteiger partial charge in [-0.15, -0.1) is 0 Å². The van der Waals surface area contributed by atoms with Gasteiger partial charge in [0.25, 0.3) is 0 Å². The molecule has 2 aromatic heterocycles. The minimum Gasteiger partial charge on any atom is -0.453 e. The molecule has 0 aliphatic carbocycles. The Morgan fingerprint density at radius 3 is 2.36 bits per heavy atom. The quantitative estimate of drug-likeness (QED) is 0.182. The molecule has 1 aliphatic heterocycles. The second-order valence-electron chi connectivity index (χ2n) is 12.5. The van der Waals surface area contributed by atoms with Crippen LogP contribution in [0.2, 0.25) is 0 Å². The smallest absolute Gasteiger partial charge is 0.178 e. The van der Waals surface area contributed by atoms with E-state index in [0.29, 0.717) is 17.6 Å². The van der Waals surface area contributed by atoms with E-state index in [2.05, 4.69) is 94.4 Å². The predicted molar refractivity (Wildman–Crippen MR) is 186 cm³/mol. The maximum absolute atomic E-state index is 6.75. The van der Waals surface area contributed by atoms with E-state index in [0.717, 1.165) is 60.6 Å². The van der Waals surface area contributed by atoms with E-state index in [9.17, 15) is 0 Å². The number of ether oxygens (including phenoxy) is 1. The summed E-state index contributed by atoms with van der Waals surface area (Å²) in [6, 6.07) is 33.6. The largest absolute Gasteiger partial charge is 0.453 e. The van der Waals surface area contributed by atoms with Gasteiger partial charge in [-0.1, -0.05) is 101 Å². The predicted octanol–water partition coefficient (Wildman–Crippen LogP) is 11.4. The van der Waals surface area contributed by atoms with E-state index in [-0.39, 0.29) is 5.92 Å². The SMILES string of the molecule is CC(C)c1cccc(C(C)C)c1C1C=CN=C1c1cccc(Oc2cc3c(ccc4cccnc43)c3c2oc2ccccc23)c1. The lowest BCUT2D eigenvalue weighted by Crippen LogP contribution is -2.15. The van der Waals surface area contributed by atoms with E-state index >= 15 is 0 Å². The second kappa shape index (κ2) is 10.7. The first-order valence-electron chi connectivity index (χ1n) is 15.7. The Labute approximate surface area is 262 Å². The fourth-order valence-corrected chi connectivity index (χ4v) is 6.97. The first-order chi connectivity index (χ1) is 22.0. The van der Waals surface area contributed by atoms with Crippen LogP contribution in [0.5, 0.6) is 11.5 Å². The van der Waals surface area contributed by atoms with Crippen LogP contribution in [0, 0.1) is 0 Å². The molecule has 8 rings (SSSR count). The molecule has 0 N–H and O–H groups in total. The van der Waals surface area contributed by atoms with Crippen molar-refractivity contribution in [2.75, 3.05) is 0 Å². The number of fused-ring (bicyclic) bond motifs is 7. The lowest BCUT2D eigenvalue weighted by Gasteiger charge is -2.24. The second-order valence-corrected chi connectivity index (χ2v) is 12.5. The van der Waals surface area contributed by atoms with Gasteiger partial charge in [-0.25, -0.2) is 0 Å². The van der Waals surface area contributed by atoms with E-state index in [4.69, 9.17) is 19.1 Å². The average Bonchev–Trinajstić information content (AvgIpc) is 3.70. The molecule has 7 aromatic rings. The Morgan fingerprint density at radius 1 is 0.733 bits per heavy atom. The highest BCUT2D eigenvalue weighted by atomic mass is 16.5. The minimum absolute atomic E-state index is 0.0800. The third kappa shape index (κ3) is 4.52. The first-order valence-corrected chi connectivity index (χ1v) is 15.7. The number of para-hydroxylation sites is 1. The monoisotopic (exact) mass is 586 g/mol. The number of benzene rings is 5. The summed E-state index contributed by atoms with van der Waals surface area (Å²) >= 11 is 0. The standard InChI is InChI=1S/C41H34N2O2/c1-24(2)29-14-8-15-30(25(3)4)37(29)33-19-21-43-40(33)27-10-7-12-28(22-27)44-36-23-34-31(18-17-26-11-9-20-42-39(26)34)38-32-13-5-6-16-35(32)45-41(36)38/h5-25,33H,1-4H3. The van der Waals surface area contributed by atoms with E-state index in [1.165, 1.54) is 16.7 Å². The van der Waals surface area contributed by atoms with Gasteiger partial charge in [-0.2, -0.15) is 0 Å². The first kappa shape index (κ1) is 27.3. The minimum atomic E-state index is 0.0800. The molecule has 4 heteroatoms. The van der Waals surface area contributed by atoms with Gasteiger partial charge < -0.3 is 9.15 Å². The molecule has 5 aromatic carbocycles. The number of aromatic nitrogens is 1. The van der Waals surface area contributed by atoms with Crippen molar-refractivity contribution in [1.82, 2.24) is 4.98 Å². The van der Waals surface area contributed by atoms with Gasteiger partial charge in [0.15, 0.2) is 11.3 Å². The highest BCUT2D eigenvalue weighted by Crippen LogP contribution is 2.44. The maximum atomic E-state index is 6.75. The van der Waals surface area contributed by atoms with Crippen LogP contribution < -0.4 is 4.74 Å². The highest BCUT2D eigenvalue weighted by Gasteiger charge is 2.27. The van der Waals surface area contributed by atoms with Gasteiger partial charge in [-0.3, -0.25) is 9.98 Å². The van der Waals surface area contributed by atoms with Crippen LogP contribution in [-0.4, -0.2) is 10.7 Å². The average molecular weight is 587 g/mol. The summed E-state index contributed by atoms with van der Waals surface area (Å²) in [6.45, 7) is 9.09. The van der Waals surface area contributed by atoms with Crippen molar-refractivity contribution in [1.29, 1.82) is 0 Å². The van der Waals surface area contributed by atoms with Gasteiger partial charge in [0.1, 0.15) is 11.3 Å². The van der Waals surface area contributed by atoms with Crippen molar-refractivity contribution in [2.45, 2.75) is 45.4 Å². The van der Waals surface area contributed by atoms with E-state index in [1.807, 2.05) is 48.8 Å². The molecule has 3 heterocycles. The van der Waals surface area contributed by atoms with Gasteiger partial charge in [0.05, 0.1) is 11.2 Å². The summed E-state index contributed by atoms with van der Waals surface area (Å²) < 4.78 is 13.2. The van der Waals surface area contributed by atoms with Gasteiger partial charge in [-0.05, 0) is 64.2 Å². The molecule has 0 radical (unpaired) electrons. The molecule has 45 heavy (non-hydrogen) atoms. The van der Waals surface area contributed by atoms with Crippen molar-refractivity contribution in [3.8, 4) is 11.5 Å². The third-order valence-electron chi connectivity index (χ3n) is 9.05. The molecule has 1 unspecified atom stereocenters. The summed E-state index contributed by atoms with van der Waals surface area (Å²) in [5.41, 5.74) is 8.72. The summed E-state index contributed by atoms with van der Waals surface area (Å²) in [5.74, 6) is 2.30. The normalized spacial score (nSPS) is 14.9. The lowest BCUT2D eigenvalue weighted by atomic mass is 9.79. The topological polar surface area (TPSA) is 47.6 Å². The zero-order chi connectivity index (χ0) is 30.7. The Balaban J connectivity index is 1.26. The number of pyridine rings is 1. The molecule has 1 atom stereocenters. The Morgan fingerprint density at radius 2 is 1.53 bits per heavy atom. The third-order valence-corrected chi connectivity index (χ3v) is 9.05. The van der Waals surface area contributed by atoms with Crippen molar-refractivity contribution in [3.63, 3.8) is 0 Å². The number of rotatable bonds is 6. The number of hydrogen-bond acceptors (Lipinski definition) is 4. The van der Waals surface area contributed by atoms with Crippen LogP contribution in [0.3, 0.4) is 0 Å². The number of hydrogen-bond donors (Lipinski definition) is 0. The van der Waals surface area contributed by atoms with Crippen LogP contribution >= 0.6 is 0 Å². The van der Waals surface area contributed by atoms with Crippen LogP contribution in [-0.2, 0) is 0 Å². The van der Waals surface area contributed by atoms with Gasteiger partial charge in [0.2, 0.25) is 0 Å². The van der Waals surface area contributed by atoms with E-state index in [1.54, 1.807) is 0 Å². The summed E-state index contributed by atoms with van der Waals surface area (Å²) in [7, 11) is 0. The molecule has 0 fully saturated rings. The van der Waals surface area contributed by atoms with Crippen molar-refractivity contribution < 1.29 is 9.15 Å². The lowest BCUT2D eigenvalue weighted by molar-refractivity contribution is 0.477. The van der Waals surface area contributed by atoms with Crippen LogP contribution in [0.15, 0.2) is 125 Å². The zero-order valence-corrected chi connectivity index (χ0v) is 25.9. The Hall–Kier alpha value is -5.22. The Kier molecular flexibility index (Phi) is 6.53. The number of furan rings is 1. The summed E-state index contributed by atoms with van der Waals surface area (Å²) in [6.07, 6.45) is 6.03. The summed E-state index contributed by atoms with van der Waals surface area (Å²) in [5, 5.41) is 5.32. The molecule has 0 saturated carbocycles. The molecule has 220 valence electrons. The van der Waals surface area contributed by atoms with Crippen LogP contribution in [0.1, 0.15) is 67.7 Å². The van der Waals surface area contributed by atoms with Crippen molar-refractivity contribution >= 4 is 49.3 Å². The van der Waals surface area contributed by atoms with E-state index < -0.39 is 0 Å². The molecule has 0 amide bonds. The molecule has 4 nitrogen and oxygen atoms in total. The molecule has 0 saturated heterocycles. The maximum Gasteiger partial charge on any atom is 0.178 e. The molecule has 1 aliphatic rings. The summed E-state index contributed by atoms with van der Waals surface area (Å²) in [4.78, 5) is 9.68. The van der Waals surface area contributed by atoms with Crippen LogP contribution in [0.4, 0.5) is 0 Å². The van der Waals surface area contributed by atoms with Gasteiger partial charge >= 0.3 is 0 Å².